The molecule has 0 spiro atoms. The number of nitrogens with zero attached hydrogens (tertiary/aromatic N) is 1. The van der Waals surface area contributed by atoms with Crippen LogP contribution in [-0.2, 0) is 11.2 Å². The Bertz CT molecular complexity index is 855. The van der Waals surface area contributed by atoms with Gasteiger partial charge in [0.2, 0.25) is 0 Å². The predicted molar refractivity (Wildman–Crippen MR) is 97.9 cm³/mol. The predicted octanol–water partition coefficient (Wildman–Crippen LogP) is 2.65. The third-order valence-corrected chi connectivity index (χ3v) is 5.34. The summed E-state index contributed by atoms with van der Waals surface area (Å²) in [6, 6.07) is 13.3. The Morgan fingerprint density at radius 1 is 1.22 bits per heavy atom. The third-order valence-electron chi connectivity index (χ3n) is 5.34. The molecule has 0 bridgehead atoms. The minimum absolute atomic E-state index is 0.0750. The Morgan fingerprint density at radius 3 is 2.52 bits per heavy atom. The molecule has 1 amide bonds. The van der Waals surface area contributed by atoms with E-state index in [1.165, 1.54) is 23.1 Å². The van der Waals surface area contributed by atoms with Crippen molar-refractivity contribution in [2.75, 3.05) is 13.1 Å². The van der Waals surface area contributed by atoms with Gasteiger partial charge in [0.25, 0.3) is 5.91 Å². The normalized spacial score (nSPS) is 22.5. The Balaban J connectivity index is 1.79. The van der Waals surface area contributed by atoms with Crippen LogP contribution in [0.15, 0.2) is 48.5 Å². The molecule has 1 fully saturated rings. The topological polar surface area (TPSA) is 77.8 Å². The second kappa shape index (κ2) is 7.48. The maximum atomic E-state index is 13.4. The van der Waals surface area contributed by atoms with Crippen LogP contribution >= 0.6 is 0 Å². The molecule has 0 aromatic heterocycles. The molecule has 2 atom stereocenters. The van der Waals surface area contributed by atoms with E-state index >= 15 is 0 Å². The number of amides is 1. The van der Waals surface area contributed by atoms with Crippen molar-refractivity contribution in [1.82, 2.24) is 4.90 Å². The molecular formula is C21H22FNO4. The molecule has 0 radical (unpaired) electrons. The van der Waals surface area contributed by atoms with Crippen LogP contribution < -0.4 is 0 Å². The lowest BCUT2D eigenvalue weighted by atomic mass is 9.71. The van der Waals surface area contributed by atoms with Crippen LogP contribution in [0.3, 0.4) is 0 Å². The molecular weight excluding hydrogens is 349 g/mol. The number of aliphatic carboxylic acids is 1. The van der Waals surface area contributed by atoms with Gasteiger partial charge < -0.3 is 15.1 Å². The van der Waals surface area contributed by atoms with Gasteiger partial charge >= 0.3 is 5.97 Å². The molecule has 0 aliphatic carbocycles. The molecule has 5 nitrogen and oxygen atoms in total. The summed E-state index contributed by atoms with van der Waals surface area (Å²) in [5.74, 6) is -1.79. The zero-order valence-corrected chi connectivity index (χ0v) is 15.1. The Labute approximate surface area is 157 Å². The molecule has 1 aliphatic heterocycles. The summed E-state index contributed by atoms with van der Waals surface area (Å²) in [7, 11) is 0. The van der Waals surface area contributed by atoms with Gasteiger partial charge in [0.15, 0.2) is 0 Å². The van der Waals surface area contributed by atoms with Crippen molar-refractivity contribution in [3.63, 3.8) is 0 Å². The van der Waals surface area contributed by atoms with Crippen molar-refractivity contribution in [1.29, 1.82) is 0 Å². The summed E-state index contributed by atoms with van der Waals surface area (Å²) >= 11 is 0. The average Bonchev–Trinajstić information content (AvgIpc) is 2.65. The van der Waals surface area contributed by atoms with Crippen molar-refractivity contribution in [2.24, 2.45) is 5.41 Å². The summed E-state index contributed by atoms with van der Waals surface area (Å²) < 4.78 is 13.4. The minimum atomic E-state index is -1.34. The Morgan fingerprint density at radius 2 is 1.93 bits per heavy atom. The van der Waals surface area contributed by atoms with E-state index in [1.54, 1.807) is 6.92 Å². The number of rotatable bonds is 4. The monoisotopic (exact) mass is 371 g/mol. The standard InChI is InChI=1S/C21H22FNO4/c1-14-11-16(7-8-17(14)22)19(25)23-10-9-21(20(26)27,18(24)13-23)12-15-5-3-2-4-6-15/h2-8,11,18,24H,9-10,12-13H2,1H3,(H,26,27)/t18-,21-/m1/s1. The van der Waals surface area contributed by atoms with Crippen LogP contribution in [0.5, 0.6) is 0 Å². The average molecular weight is 371 g/mol. The largest absolute Gasteiger partial charge is 0.481 e. The molecule has 2 aromatic carbocycles. The van der Waals surface area contributed by atoms with E-state index in [1.807, 2.05) is 30.3 Å². The van der Waals surface area contributed by atoms with Gasteiger partial charge in [-0.15, -0.1) is 0 Å². The van der Waals surface area contributed by atoms with E-state index in [9.17, 15) is 24.2 Å². The summed E-state index contributed by atoms with van der Waals surface area (Å²) in [6.07, 6.45) is -0.860. The molecule has 2 aromatic rings. The molecule has 6 heteroatoms. The van der Waals surface area contributed by atoms with Gasteiger partial charge in [-0.25, -0.2) is 4.39 Å². The number of likely N-dealkylation sites (tertiary alicyclic amines) is 1. The third kappa shape index (κ3) is 3.71. The molecule has 1 aliphatic rings. The van der Waals surface area contributed by atoms with E-state index in [2.05, 4.69) is 0 Å². The first-order chi connectivity index (χ1) is 12.8. The highest BCUT2D eigenvalue weighted by Gasteiger charge is 2.49. The van der Waals surface area contributed by atoms with Crippen LogP contribution in [0.4, 0.5) is 4.39 Å². The Hall–Kier alpha value is -2.73. The first-order valence-corrected chi connectivity index (χ1v) is 8.84. The number of β-amino-alcohol motifs (C(OH)–C–C–N with tert-alkyl or cyclic N) is 1. The van der Waals surface area contributed by atoms with Crippen LogP contribution in [0.25, 0.3) is 0 Å². The quantitative estimate of drug-likeness (QED) is 0.866. The van der Waals surface area contributed by atoms with Crippen LogP contribution in [0, 0.1) is 18.2 Å². The fourth-order valence-corrected chi connectivity index (χ4v) is 3.61. The van der Waals surface area contributed by atoms with E-state index in [4.69, 9.17) is 0 Å². The number of hydrogen-bond donors (Lipinski definition) is 2. The highest BCUT2D eigenvalue weighted by atomic mass is 19.1. The van der Waals surface area contributed by atoms with Crippen molar-refractivity contribution in [2.45, 2.75) is 25.9 Å². The van der Waals surface area contributed by atoms with Gasteiger partial charge in [0.1, 0.15) is 11.2 Å². The number of carboxylic acids is 1. The molecule has 27 heavy (non-hydrogen) atoms. The van der Waals surface area contributed by atoms with E-state index in [0.717, 1.165) is 5.56 Å². The van der Waals surface area contributed by atoms with Crippen LogP contribution in [-0.4, -0.2) is 46.2 Å². The SMILES string of the molecule is Cc1cc(C(=O)N2CC[C@](Cc3ccccc3)(C(=O)O)[C@H](O)C2)ccc1F. The van der Waals surface area contributed by atoms with E-state index in [-0.39, 0.29) is 31.8 Å². The number of carbonyl (C=O) groups excluding carboxylic acids is 1. The zero-order valence-electron chi connectivity index (χ0n) is 15.1. The lowest BCUT2D eigenvalue weighted by Gasteiger charge is -2.43. The maximum Gasteiger partial charge on any atom is 0.312 e. The van der Waals surface area contributed by atoms with Gasteiger partial charge in [-0.05, 0) is 49.1 Å². The second-order valence-corrected chi connectivity index (χ2v) is 7.10. The van der Waals surface area contributed by atoms with Crippen molar-refractivity contribution >= 4 is 11.9 Å². The smallest absolute Gasteiger partial charge is 0.312 e. The number of carbonyl (C=O) groups is 2. The number of aliphatic hydroxyl groups is 1. The van der Waals surface area contributed by atoms with Gasteiger partial charge in [-0.1, -0.05) is 30.3 Å². The first kappa shape index (κ1) is 19.0. The molecule has 3 rings (SSSR count). The van der Waals surface area contributed by atoms with Crippen molar-refractivity contribution in [3.8, 4) is 0 Å². The summed E-state index contributed by atoms with van der Waals surface area (Å²) in [6.45, 7) is 1.71. The number of piperidine rings is 1. The Kier molecular flexibility index (Phi) is 5.28. The molecule has 1 saturated heterocycles. The molecule has 2 N–H and O–H groups in total. The molecule has 0 saturated carbocycles. The molecule has 0 unspecified atom stereocenters. The van der Waals surface area contributed by atoms with Gasteiger partial charge in [-0.2, -0.15) is 0 Å². The van der Waals surface area contributed by atoms with Crippen LogP contribution in [0.1, 0.15) is 27.9 Å². The van der Waals surface area contributed by atoms with Gasteiger partial charge in [0, 0.05) is 18.7 Å². The van der Waals surface area contributed by atoms with E-state index < -0.39 is 23.3 Å². The van der Waals surface area contributed by atoms with Crippen LogP contribution in [0.2, 0.25) is 0 Å². The number of carboxylic acid groups (broad SMARTS) is 1. The van der Waals surface area contributed by atoms with Crippen molar-refractivity contribution in [3.05, 3.63) is 71.0 Å². The fourth-order valence-electron chi connectivity index (χ4n) is 3.61. The number of aryl methyl sites for hydroxylation is 1. The second-order valence-electron chi connectivity index (χ2n) is 7.10. The lowest BCUT2D eigenvalue weighted by Crippen LogP contribution is -2.57. The van der Waals surface area contributed by atoms with Gasteiger partial charge in [-0.3, -0.25) is 9.59 Å². The number of hydrogen-bond acceptors (Lipinski definition) is 3. The first-order valence-electron chi connectivity index (χ1n) is 8.84. The summed E-state index contributed by atoms with van der Waals surface area (Å²) in [4.78, 5) is 26.1. The molecule has 1 heterocycles. The fraction of sp³-hybridized carbons (Fsp3) is 0.333. The minimum Gasteiger partial charge on any atom is -0.481 e. The van der Waals surface area contributed by atoms with Crippen molar-refractivity contribution < 1.29 is 24.2 Å². The lowest BCUT2D eigenvalue weighted by molar-refractivity contribution is -0.161. The van der Waals surface area contributed by atoms with E-state index in [0.29, 0.717) is 11.1 Å². The maximum absolute atomic E-state index is 13.4. The highest BCUT2D eigenvalue weighted by Crippen LogP contribution is 2.36. The number of benzene rings is 2. The number of aliphatic hydroxyl groups excluding tert-OH is 1. The van der Waals surface area contributed by atoms with Gasteiger partial charge in [0.05, 0.1) is 6.10 Å². The molecule has 142 valence electrons. The number of halogens is 1. The zero-order chi connectivity index (χ0) is 19.6. The summed E-state index contributed by atoms with van der Waals surface area (Å²) in [5, 5.41) is 20.5. The highest BCUT2D eigenvalue weighted by molar-refractivity contribution is 5.94. The summed E-state index contributed by atoms with van der Waals surface area (Å²) in [5.41, 5.74) is 0.179.